The summed E-state index contributed by atoms with van der Waals surface area (Å²) in [5.41, 5.74) is 3.17. The van der Waals surface area contributed by atoms with Crippen LogP contribution in [0.4, 0.5) is 0 Å². The highest BCUT2D eigenvalue weighted by Gasteiger charge is 2.34. The number of methoxy groups -OCH3 is 4. The van der Waals surface area contributed by atoms with Gasteiger partial charge in [0, 0.05) is 12.0 Å². The highest BCUT2D eigenvalue weighted by atomic mass is 16.5. The lowest BCUT2D eigenvalue weighted by Crippen LogP contribution is -2.27. The van der Waals surface area contributed by atoms with Crippen LogP contribution in [0.5, 0.6) is 23.0 Å². The van der Waals surface area contributed by atoms with Crippen molar-refractivity contribution in [2.24, 2.45) is 5.10 Å². The van der Waals surface area contributed by atoms with Gasteiger partial charge in [0.1, 0.15) is 5.75 Å². The molecule has 0 fully saturated rings. The summed E-state index contributed by atoms with van der Waals surface area (Å²) in [7, 11) is 6.20. The predicted molar refractivity (Wildman–Crippen MR) is 126 cm³/mol. The van der Waals surface area contributed by atoms with Gasteiger partial charge in [0.15, 0.2) is 11.5 Å². The molecule has 1 aliphatic heterocycles. The molecule has 0 spiro atoms. The van der Waals surface area contributed by atoms with Crippen molar-refractivity contribution in [1.82, 2.24) is 5.01 Å². The first-order chi connectivity index (χ1) is 16.1. The van der Waals surface area contributed by atoms with Crippen LogP contribution in [0.25, 0.3) is 0 Å². The van der Waals surface area contributed by atoms with Crippen molar-refractivity contribution in [3.8, 4) is 23.0 Å². The lowest BCUT2D eigenvalue weighted by atomic mass is 9.98. The van der Waals surface area contributed by atoms with Gasteiger partial charge < -0.3 is 18.9 Å². The van der Waals surface area contributed by atoms with Crippen LogP contribution in [0.15, 0.2) is 71.8 Å². The van der Waals surface area contributed by atoms with Crippen LogP contribution in [0, 0.1) is 0 Å². The van der Waals surface area contributed by atoms with Gasteiger partial charge in [0.25, 0.3) is 5.91 Å². The third-order valence-corrected chi connectivity index (χ3v) is 5.64. The third kappa shape index (κ3) is 4.35. The smallest absolute Gasteiger partial charge is 0.274 e. The third-order valence-electron chi connectivity index (χ3n) is 5.64. The number of amides is 1. The molecule has 3 aromatic carbocycles. The van der Waals surface area contributed by atoms with E-state index in [9.17, 15) is 4.79 Å². The highest BCUT2D eigenvalue weighted by molar-refractivity contribution is 6.05. The van der Waals surface area contributed by atoms with Crippen molar-refractivity contribution in [3.63, 3.8) is 0 Å². The van der Waals surface area contributed by atoms with Crippen LogP contribution < -0.4 is 18.9 Å². The van der Waals surface area contributed by atoms with E-state index in [0.29, 0.717) is 29.2 Å². The molecule has 7 nitrogen and oxygen atoms in total. The van der Waals surface area contributed by atoms with Gasteiger partial charge in [-0.05, 0) is 47.5 Å². The summed E-state index contributed by atoms with van der Waals surface area (Å²) >= 11 is 0. The second-order valence-corrected chi connectivity index (χ2v) is 7.47. The number of hydrogen-bond acceptors (Lipinski definition) is 6. The molecule has 0 N–H and O–H groups in total. The van der Waals surface area contributed by atoms with Crippen LogP contribution in [-0.4, -0.2) is 45.1 Å². The Balaban J connectivity index is 1.75. The fourth-order valence-corrected chi connectivity index (χ4v) is 3.93. The van der Waals surface area contributed by atoms with E-state index in [0.717, 1.165) is 22.6 Å². The lowest BCUT2D eigenvalue weighted by molar-refractivity contribution is 0.0710. The molecule has 4 rings (SSSR count). The van der Waals surface area contributed by atoms with Crippen LogP contribution in [0.3, 0.4) is 0 Å². The molecule has 1 atom stereocenters. The predicted octanol–water partition coefficient (Wildman–Crippen LogP) is 4.71. The molecule has 33 heavy (non-hydrogen) atoms. The Hall–Kier alpha value is -4.00. The summed E-state index contributed by atoms with van der Waals surface area (Å²) in [6.07, 6.45) is 0.590. The SMILES string of the molecule is COc1ccc(C2=NN(C(=O)c3cc(OC)c(OC)c(OC)c3)[C@H](c3ccccc3)C2)cc1. The van der Waals surface area contributed by atoms with E-state index in [1.807, 2.05) is 54.6 Å². The summed E-state index contributed by atoms with van der Waals surface area (Å²) in [6.45, 7) is 0. The van der Waals surface area contributed by atoms with Crippen molar-refractivity contribution in [3.05, 3.63) is 83.4 Å². The summed E-state index contributed by atoms with van der Waals surface area (Å²) < 4.78 is 21.5. The maximum atomic E-state index is 13.7. The van der Waals surface area contributed by atoms with E-state index in [1.54, 1.807) is 19.2 Å². The summed E-state index contributed by atoms with van der Waals surface area (Å²) in [6, 6.07) is 20.6. The zero-order valence-electron chi connectivity index (χ0n) is 19.1. The lowest BCUT2D eigenvalue weighted by Gasteiger charge is -2.23. The average molecular weight is 447 g/mol. The summed E-state index contributed by atoms with van der Waals surface area (Å²) in [5, 5.41) is 6.29. The van der Waals surface area contributed by atoms with Crippen molar-refractivity contribution < 1.29 is 23.7 Å². The molecule has 170 valence electrons. The first-order valence-corrected chi connectivity index (χ1v) is 10.5. The number of benzene rings is 3. The van der Waals surface area contributed by atoms with Crippen molar-refractivity contribution in [2.45, 2.75) is 12.5 Å². The molecule has 0 bridgehead atoms. The number of carbonyl (C=O) groups is 1. The molecule has 3 aromatic rings. The zero-order chi connectivity index (χ0) is 23.4. The molecule has 0 saturated carbocycles. The van der Waals surface area contributed by atoms with E-state index < -0.39 is 0 Å². The monoisotopic (exact) mass is 446 g/mol. The minimum atomic E-state index is -0.258. The van der Waals surface area contributed by atoms with Gasteiger partial charge in [-0.3, -0.25) is 4.79 Å². The molecule has 0 aromatic heterocycles. The average Bonchev–Trinajstić information content (AvgIpc) is 3.33. The van der Waals surface area contributed by atoms with E-state index in [4.69, 9.17) is 24.0 Å². The zero-order valence-corrected chi connectivity index (χ0v) is 19.1. The van der Waals surface area contributed by atoms with Gasteiger partial charge in [-0.1, -0.05) is 30.3 Å². The van der Waals surface area contributed by atoms with E-state index in [1.165, 1.54) is 26.3 Å². The normalized spacial score (nSPS) is 15.1. The molecule has 1 heterocycles. The van der Waals surface area contributed by atoms with Gasteiger partial charge >= 0.3 is 0 Å². The van der Waals surface area contributed by atoms with Crippen molar-refractivity contribution in [2.75, 3.05) is 28.4 Å². The Labute approximate surface area is 193 Å². The molecule has 0 unspecified atom stereocenters. The minimum absolute atomic E-state index is 0.241. The quantitative estimate of drug-likeness (QED) is 0.526. The van der Waals surface area contributed by atoms with Gasteiger partial charge in [0.2, 0.25) is 5.75 Å². The van der Waals surface area contributed by atoms with Crippen molar-refractivity contribution in [1.29, 1.82) is 0 Å². The Morgan fingerprint density at radius 1 is 0.848 bits per heavy atom. The standard InChI is InChI=1S/C26H26N2O5/c1-30-20-12-10-17(11-13-20)21-16-22(18-8-6-5-7-9-18)28(27-21)26(29)19-14-23(31-2)25(33-4)24(15-19)32-3/h5-15,22H,16H2,1-4H3/t22-/m0/s1. The second kappa shape index (κ2) is 9.65. The Bertz CT molecular complexity index is 1130. The topological polar surface area (TPSA) is 69.6 Å². The molecule has 1 aliphatic rings. The number of ether oxygens (including phenoxy) is 4. The van der Waals surface area contributed by atoms with E-state index in [-0.39, 0.29) is 11.9 Å². The van der Waals surface area contributed by atoms with E-state index in [2.05, 4.69) is 0 Å². The molecule has 0 saturated heterocycles. The fraction of sp³-hybridized carbons (Fsp3) is 0.231. The Morgan fingerprint density at radius 2 is 1.48 bits per heavy atom. The summed E-state index contributed by atoms with van der Waals surface area (Å²) in [5.74, 6) is 1.76. The molecule has 1 amide bonds. The van der Waals surface area contributed by atoms with E-state index >= 15 is 0 Å². The number of hydrogen-bond donors (Lipinski definition) is 0. The number of nitrogens with zero attached hydrogens (tertiary/aromatic N) is 2. The Morgan fingerprint density at radius 3 is 2.03 bits per heavy atom. The van der Waals surface area contributed by atoms with Gasteiger partial charge in [0.05, 0.1) is 40.2 Å². The first kappa shape index (κ1) is 22.2. The number of carbonyl (C=O) groups excluding carboxylic acids is 1. The van der Waals surface area contributed by atoms with Crippen molar-refractivity contribution >= 4 is 11.6 Å². The van der Waals surface area contributed by atoms with Crippen LogP contribution in [-0.2, 0) is 0 Å². The van der Waals surface area contributed by atoms with Crippen LogP contribution in [0.1, 0.15) is 33.9 Å². The molecule has 0 aliphatic carbocycles. The first-order valence-electron chi connectivity index (χ1n) is 10.5. The van der Waals surface area contributed by atoms with Gasteiger partial charge in [-0.25, -0.2) is 5.01 Å². The minimum Gasteiger partial charge on any atom is -0.497 e. The maximum Gasteiger partial charge on any atom is 0.274 e. The van der Waals surface area contributed by atoms with Crippen LogP contribution >= 0.6 is 0 Å². The second-order valence-electron chi connectivity index (χ2n) is 7.47. The van der Waals surface area contributed by atoms with Crippen LogP contribution in [0.2, 0.25) is 0 Å². The van der Waals surface area contributed by atoms with Gasteiger partial charge in [-0.15, -0.1) is 0 Å². The summed E-state index contributed by atoms with van der Waals surface area (Å²) in [4.78, 5) is 13.7. The molecular weight excluding hydrogens is 420 g/mol. The van der Waals surface area contributed by atoms with Gasteiger partial charge in [-0.2, -0.15) is 5.10 Å². The highest BCUT2D eigenvalue weighted by Crippen LogP contribution is 2.40. The number of rotatable bonds is 7. The number of hydrazone groups is 1. The fourth-order valence-electron chi connectivity index (χ4n) is 3.93. The Kier molecular flexibility index (Phi) is 6.49. The largest absolute Gasteiger partial charge is 0.497 e. The molecule has 7 heteroatoms. The molecular formula is C26H26N2O5. The molecule has 0 radical (unpaired) electrons. The maximum absolute atomic E-state index is 13.7.